The number of hydrogen-bond donors (Lipinski definition) is 0. The molecular formula is C17H25NO2. The normalized spacial score (nSPS) is 34.8. The molecule has 0 aromatic carbocycles. The molecule has 3 heteroatoms. The molecule has 2 fully saturated rings. The van der Waals surface area contributed by atoms with Gasteiger partial charge in [0, 0.05) is 0 Å². The summed E-state index contributed by atoms with van der Waals surface area (Å²) in [7, 11) is 0. The van der Waals surface area contributed by atoms with Gasteiger partial charge in [-0.1, -0.05) is 31.9 Å². The fourth-order valence-electron chi connectivity index (χ4n) is 3.41. The highest BCUT2D eigenvalue weighted by Crippen LogP contribution is 2.60. The van der Waals surface area contributed by atoms with E-state index in [-0.39, 0.29) is 35.2 Å². The minimum absolute atomic E-state index is 0.00877. The van der Waals surface area contributed by atoms with E-state index in [1.165, 1.54) is 5.57 Å². The third-order valence-corrected chi connectivity index (χ3v) is 4.81. The quantitative estimate of drug-likeness (QED) is 0.580. The van der Waals surface area contributed by atoms with E-state index in [1.54, 1.807) is 0 Å². The Morgan fingerprint density at radius 1 is 1.30 bits per heavy atom. The van der Waals surface area contributed by atoms with Gasteiger partial charge in [0.05, 0.1) is 17.9 Å². The predicted molar refractivity (Wildman–Crippen MR) is 77.6 cm³/mol. The third-order valence-electron chi connectivity index (χ3n) is 4.81. The summed E-state index contributed by atoms with van der Waals surface area (Å²) < 4.78 is 5.68. The molecule has 4 atom stereocenters. The van der Waals surface area contributed by atoms with Crippen LogP contribution in [0.15, 0.2) is 11.6 Å². The lowest BCUT2D eigenvalue weighted by Crippen LogP contribution is -2.30. The highest BCUT2D eigenvalue weighted by atomic mass is 16.5. The van der Waals surface area contributed by atoms with Crippen LogP contribution in [0.5, 0.6) is 0 Å². The number of carbonyl (C=O) groups is 1. The third kappa shape index (κ3) is 2.90. The number of nitrogens with zero attached hydrogens (tertiary/aromatic N) is 1. The van der Waals surface area contributed by atoms with Gasteiger partial charge < -0.3 is 4.74 Å². The zero-order valence-corrected chi connectivity index (χ0v) is 13.0. The summed E-state index contributed by atoms with van der Waals surface area (Å²) in [5.74, 6) is 0.0175. The Labute approximate surface area is 122 Å². The monoisotopic (exact) mass is 275 g/mol. The highest BCUT2D eigenvalue weighted by Gasteiger charge is 2.61. The van der Waals surface area contributed by atoms with Crippen LogP contribution >= 0.6 is 0 Å². The maximum Gasteiger partial charge on any atom is 0.310 e. The van der Waals surface area contributed by atoms with Crippen molar-refractivity contribution >= 4 is 5.97 Å². The van der Waals surface area contributed by atoms with E-state index in [0.717, 1.165) is 25.7 Å². The van der Waals surface area contributed by atoms with E-state index in [4.69, 9.17) is 10.00 Å². The molecule has 0 amide bonds. The number of allylic oxidation sites excluding steroid dienone is 2. The van der Waals surface area contributed by atoms with Crippen LogP contribution in [-0.4, -0.2) is 12.1 Å². The van der Waals surface area contributed by atoms with Gasteiger partial charge in [0.15, 0.2) is 0 Å². The molecule has 0 aliphatic heterocycles. The maximum absolute atomic E-state index is 12.4. The second-order valence-corrected chi connectivity index (χ2v) is 7.06. The van der Waals surface area contributed by atoms with Gasteiger partial charge in [0.1, 0.15) is 6.10 Å². The summed E-state index contributed by atoms with van der Waals surface area (Å²) in [6.07, 6.45) is 5.81. The molecule has 0 N–H and O–H groups in total. The Kier molecular flexibility index (Phi) is 4.22. The molecule has 0 heterocycles. The molecule has 0 bridgehead atoms. The van der Waals surface area contributed by atoms with Gasteiger partial charge in [-0.05, 0) is 44.4 Å². The molecule has 0 saturated heterocycles. The number of ether oxygens (including phenoxy) is 1. The molecule has 2 saturated carbocycles. The van der Waals surface area contributed by atoms with Crippen LogP contribution in [-0.2, 0) is 9.53 Å². The molecule has 0 aromatic heterocycles. The summed E-state index contributed by atoms with van der Waals surface area (Å²) >= 11 is 0. The van der Waals surface area contributed by atoms with Gasteiger partial charge in [-0.15, -0.1) is 0 Å². The molecule has 3 nitrogen and oxygen atoms in total. The average Bonchev–Trinajstić information content (AvgIpc) is 2.90. The van der Waals surface area contributed by atoms with Crippen molar-refractivity contribution in [1.82, 2.24) is 0 Å². The van der Waals surface area contributed by atoms with E-state index in [1.807, 2.05) is 0 Å². The Bertz CT molecular complexity index is 454. The summed E-state index contributed by atoms with van der Waals surface area (Å²) in [5.41, 5.74) is 1.23. The molecular weight excluding hydrogens is 250 g/mol. The van der Waals surface area contributed by atoms with E-state index in [2.05, 4.69) is 39.8 Å². The zero-order chi connectivity index (χ0) is 14.9. The van der Waals surface area contributed by atoms with Crippen LogP contribution < -0.4 is 0 Å². The van der Waals surface area contributed by atoms with E-state index in [0.29, 0.717) is 0 Å². The fourth-order valence-corrected chi connectivity index (χ4v) is 3.41. The molecule has 110 valence electrons. The minimum atomic E-state index is -0.190. The Balaban J connectivity index is 1.99. The van der Waals surface area contributed by atoms with Gasteiger partial charge >= 0.3 is 5.97 Å². The first-order chi connectivity index (χ1) is 9.37. The van der Waals surface area contributed by atoms with Crippen molar-refractivity contribution in [2.45, 2.75) is 59.5 Å². The molecule has 0 spiro atoms. The Morgan fingerprint density at radius 3 is 2.55 bits per heavy atom. The molecule has 0 unspecified atom stereocenters. The number of rotatable bonds is 3. The van der Waals surface area contributed by atoms with Gasteiger partial charge in [-0.2, -0.15) is 5.26 Å². The molecule has 20 heavy (non-hydrogen) atoms. The first-order valence-electron chi connectivity index (χ1n) is 7.63. The Hall–Kier alpha value is -1.30. The van der Waals surface area contributed by atoms with Crippen LogP contribution in [0, 0.1) is 34.5 Å². The second-order valence-electron chi connectivity index (χ2n) is 7.06. The first-order valence-corrected chi connectivity index (χ1v) is 7.63. The standard InChI is InChI=1S/C17H25NO2/c1-11(2)9-13-15(17(13,3)4)16(19)20-14-8-6-5-7-12(14)10-18/h9,12-15H,5-8H2,1-4H3/t12-,13-,14-,15-/m1/s1. The lowest BCUT2D eigenvalue weighted by Gasteiger charge is -2.26. The van der Waals surface area contributed by atoms with Crippen molar-refractivity contribution in [2.75, 3.05) is 0 Å². The number of carbonyl (C=O) groups excluding carboxylic acids is 1. The fraction of sp³-hybridized carbons (Fsp3) is 0.765. The summed E-state index contributed by atoms with van der Waals surface area (Å²) in [4.78, 5) is 12.4. The van der Waals surface area contributed by atoms with Crippen LogP contribution in [0.25, 0.3) is 0 Å². The van der Waals surface area contributed by atoms with Crippen molar-refractivity contribution < 1.29 is 9.53 Å². The van der Waals surface area contributed by atoms with Crippen LogP contribution in [0.4, 0.5) is 0 Å². The highest BCUT2D eigenvalue weighted by molar-refractivity contribution is 5.78. The summed E-state index contributed by atoms with van der Waals surface area (Å²) in [5, 5.41) is 9.15. The van der Waals surface area contributed by atoms with Crippen LogP contribution in [0.3, 0.4) is 0 Å². The molecule has 2 aliphatic carbocycles. The SMILES string of the molecule is CC(C)=C[C@@H]1[C@H](C(=O)O[C@@H]2CCCC[C@@H]2C#N)C1(C)C. The van der Waals surface area contributed by atoms with Gasteiger partial charge in [-0.3, -0.25) is 4.79 Å². The summed E-state index contributed by atoms with van der Waals surface area (Å²) in [6.45, 7) is 8.35. The minimum Gasteiger partial charge on any atom is -0.461 e. The molecule has 2 rings (SSSR count). The van der Waals surface area contributed by atoms with Crippen molar-refractivity contribution in [3.63, 3.8) is 0 Å². The predicted octanol–water partition coefficient (Wildman–Crippen LogP) is 3.85. The van der Waals surface area contributed by atoms with Crippen molar-refractivity contribution in [2.24, 2.45) is 23.2 Å². The lowest BCUT2D eigenvalue weighted by molar-refractivity contribution is -0.155. The van der Waals surface area contributed by atoms with Crippen molar-refractivity contribution in [1.29, 1.82) is 5.26 Å². The number of hydrogen-bond acceptors (Lipinski definition) is 3. The average molecular weight is 275 g/mol. The number of esters is 1. The number of nitriles is 1. The first kappa shape index (κ1) is 15.1. The second kappa shape index (κ2) is 5.60. The molecule has 2 aliphatic rings. The Morgan fingerprint density at radius 2 is 1.95 bits per heavy atom. The van der Waals surface area contributed by atoms with Crippen molar-refractivity contribution in [3.8, 4) is 6.07 Å². The molecule has 0 aromatic rings. The largest absolute Gasteiger partial charge is 0.461 e. The zero-order valence-electron chi connectivity index (χ0n) is 13.0. The van der Waals surface area contributed by atoms with Crippen LogP contribution in [0.2, 0.25) is 0 Å². The van der Waals surface area contributed by atoms with Gasteiger partial charge in [0.25, 0.3) is 0 Å². The topological polar surface area (TPSA) is 50.1 Å². The van der Waals surface area contributed by atoms with Gasteiger partial charge in [0.2, 0.25) is 0 Å². The lowest BCUT2D eigenvalue weighted by atomic mass is 9.87. The summed E-state index contributed by atoms with van der Waals surface area (Å²) in [6, 6.07) is 2.29. The maximum atomic E-state index is 12.4. The van der Waals surface area contributed by atoms with E-state index < -0.39 is 0 Å². The van der Waals surface area contributed by atoms with E-state index in [9.17, 15) is 4.79 Å². The van der Waals surface area contributed by atoms with Crippen LogP contribution in [0.1, 0.15) is 53.4 Å². The molecule has 0 radical (unpaired) electrons. The van der Waals surface area contributed by atoms with Gasteiger partial charge in [-0.25, -0.2) is 0 Å². The smallest absolute Gasteiger partial charge is 0.310 e. The van der Waals surface area contributed by atoms with E-state index >= 15 is 0 Å². The van der Waals surface area contributed by atoms with Crippen molar-refractivity contribution in [3.05, 3.63) is 11.6 Å².